The number of pyridine rings is 1. The number of carbonyl (C=O) groups is 1. The molecule has 0 fully saturated rings. The number of aromatic nitrogens is 1. The van der Waals surface area contributed by atoms with Gasteiger partial charge in [0.25, 0.3) is 5.91 Å². The van der Waals surface area contributed by atoms with Gasteiger partial charge in [-0.05, 0) is 29.7 Å². The van der Waals surface area contributed by atoms with E-state index in [4.69, 9.17) is 0 Å². The lowest BCUT2D eigenvalue weighted by Crippen LogP contribution is -2.15. The molecule has 0 saturated carbocycles. The Morgan fingerprint density at radius 1 is 1.16 bits per heavy atom. The maximum absolute atomic E-state index is 13.0. The van der Waals surface area contributed by atoms with Gasteiger partial charge in [-0.2, -0.15) is 4.39 Å². The van der Waals surface area contributed by atoms with Crippen molar-refractivity contribution in [3.63, 3.8) is 0 Å². The molecule has 0 aliphatic rings. The third-order valence-electron chi connectivity index (χ3n) is 2.78. The first-order chi connectivity index (χ1) is 9.08. The fourth-order valence-electron chi connectivity index (χ4n) is 1.84. The highest BCUT2D eigenvalue weighted by Gasteiger charge is 2.12. The molecule has 4 heteroatoms. The second-order valence-electron chi connectivity index (χ2n) is 4.54. The molecule has 1 aromatic carbocycles. The average molecular weight is 258 g/mol. The highest BCUT2D eigenvalue weighted by atomic mass is 19.1. The predicted octanol–water partition coefficient (Wildman–Crippen LogP) is 3.60. The van der Waals surface area contributed by atoms with Crippen LogP contribution in [0.3, 0.4) is 0 Å². The molecule has 0 spiro atoms. The van der Waals surface area contributed by atoms with E-state index in [1.807, 2.05) is 38.1 Å². The molecule has 98 valence electrons. The number of para-hydroxylation sites is 1. The van der Waals surface area contributed by atoms with Gasteiger partial charge in [-0.1, -0.05) is 38.1 Å². The van der Waals surface area contributed by atoms with Crippen molar-refractivity contribution in [3.8, 4) is 0 Å². The molecular weight excluding hydrogens is 243 g/mol. The minimum atomic E-state index is -0.662. The Balaban J connectivity index is 2.24. The lowest BCUT2D eigenvalue weighted by Gasteiger charge is -2.13. The van der Waals surface area contributed by atoms with Gasteiger partial charge < -0.3 is 5.32 Å². The van der Waals surface area contributed by atoms with Crippen molar-refractivity contribution in [1.29, 1.82) is 0 Å². The second-order valence-corrected chi connectivity index (χ2v) is 4.54. The molecule has 0 unspecified atom stereocenters. The summed E-state index contributed by atoms with van der Waals surface area (Å²) in [5, 5.41) is 2.77. The van der Waals surface area contributed by atoms with Crippen molar-refractivity contribution in [1.82, 2.24) is 4.98 Å². The molecule has 0 atom stereocenters. The van der Waals surface area contributed by atoms with Crippen LogP contribution in [0, 0.1) is 5.95 Å². The Hall–Kier alpha value is -2.23. The van der Waals surface area contributed by atoms with Crippen LogP contribution < -0.4 is 5.32 Å². The van der Waals surface area contributed by atoms with Gasteiger partial charge in [0.05, 0.1) is 0 Å². The van der Waals surface area contributed by atoms with E-state index in [1.165, 1.54) is 18.2 Å². The van der Waals surface area contributed by atoms with Crippen LogP contribution in [0.4, 0.5) is 10.1 Å². The van der Waals surface area contributed by atoms with E-state index >= 15 is 0 Å². The molecule has 1 heterocycles. The van der Waals surface area contributed by atoms with Crippen LogP contribution >= 0.6 is 0 Å². The summed E-state index contributed by atoms with van der Waals surface area (Å²) in [7, 11) is 0. The van der Waals surface area contributed by atoms with Crippen LogP contribution in [0.1, 0.15) is 35.8 Å². The molecule has 0 aliphatic carbocycles. The topological polar surface area (TPSA) is 42.0 Å². The molecule has 3 nitrogen and oxygen atoms in total. The Labute approximate surface area is 111 Å². The van der Waals surface area contributed by atoms with Gasteiger partial charge in [-0.25, -0.2) is 4.98 Å². The zero-order valence-corrected chi connectivity index (χ0v) is 10.9. The summed E-state index contributed by atoms with van der Waals surface area (Å²) in [6.07, 6.45) is 0. The molecule has 0 aliphatic heterocycles. The number of halogens is 1. The maximum Gasteiger partial charge on any atom is 0.274 e. The van der Waals surface area contributed by atoms with E-state index in [1.54, 1.807) is 0 Å². The average Bonchev–Trinajstić information content (AvgIpc) is 2.39. The van der Waals surface area contributed by atoms with Gasteiger partial charge in [0.2, 0.25) is 5.95 Å². The van der Waals surface area contributed by atoms with Crippen molar-refractivity contribution < 1.29 is 9.18 Å². The zero-order valence-electron chi connectivity index (χ0n) is 10.9. The lowest BCUT2D eigenvalue weighted by molar-refractivity contribution is 0.102. The smallest absolute Gasteiger partial charge is 0.274 e. The standard InChI is InChI=1S/C15H15FN2O/c1-10(2)11-6-3-4-7-12(11)18-15(19)13-8-5-9-14(16)17-13/h3-10H,1-2H3,(H,18,19). The van der Waals surface area contributed by atoms with E-state index in [0.717, 1.165) is 11.3 Å². The molecule has 19 heavy (non-hydrogen) atoms. The third kappa shape index (κ3) is 3.16. The number of amides is 1. The number of nitrogens with one attached hydrogen (secondary N) is 1. The first-order valence-corrected chi connectivity index (χ1v) is 6.11. The molecular formula is C15H15FN2O. The van der Waals surface area contributed by atoms with Crippen LogP contribution in [0.25, 0.3) is 0 Å². The van der Waals surface area contributed by atoms with Gasteiger partial charge in [-0.15, -0.1) is 0 Å². The highest BCUT2D eigenvalue weighted by molar-refractivity contribution is 6.03. The Morgan fingerprint density at radius 2 is 1.89 bits per heavy atom. The van der Waals surface area contributed by atoms with E-state index in [0.29, 0.717) is 0 Å². The lowest BCUT2D eigenvalue weighted by atomic mass is 10.0. The van der Waals surface area contributed by atoms with Gasteiger partial charge in [0.15, 0.2) is 0 Å². The fraction of sp³-hybridized carbons (Fsp3) is 0.200. The van der Waals surface area contributed by atoms with Crippen LogP contribution in [0.15, 0.2) is 42.5 Å². The fourth-order valence-corrected chi connectivity index (χ4v) is 1.84. The number of nitrogens with zero attached hydrogens (tertiary/aromatic N) is 1. The first kappa shape index (κ1) is 13.2. The monoisotopic (exact) mass is 258 g/mol. The van der Waals surface area contributed by atoms with E-state index in [2.05, 4.69) is 10.3 Å². The summed E-state index contributed by atoms with van der Waals surface area (Å²) in [6, 6.07) is 11.7. The molecule has 1 aromatic heterocycles. The van der Waals surface area contributed by atoms with Crippen molar-refractivity contribution in [2.75, 3.05) is 5.32 Å². The number of benzene rings is 1. The minimum Gasteiger partial charge on any atom is -0.320 e. The Bertz CT molecular complexity index is 596. The molecule has 0 radical (unpaired) electrons. The SMILES string of the molecule is CC(C)c1ccccc1NC(=O)c1cccc(F)n1. The van der Waals surface area contributed by atoms with Crippen LogP contribution in [-0.2, 0) is 0 Å². The summed E-state index contributed by atoms with van der Waals surface area (Å²) in [5.74, 6) is -0.783. The van der Waals surface area contributed by atoms with Crippen LogP contribution in [0.5, 0.6) is 0 Å². The Kier molecular flexibility index (Phi) is 3.90. The van der Waals surface area contributed by atoms with E-state index in [9.17, 15) is 9.18 Å². The van der Waals surface area contributed by atoms with Gasteiger partial charge in [0.1, 0.15) is 5.69 Å². The van der Waals surface area contributed by atoms with Crippen LogP contribution in [0.2, 0.25) is 0 Å². The Morgan fingerprint density at radius 3 is 2.58 bits per heavy atom. The van der Waals surface area contributed by atoms with E-state index < -0.39 is 11.9 Å². The van der Waals surface area contributed by atoms with Crippen molar-refractivity contribution in [2.45, 2.75) is 19.8 Å². The number of hydrogen-bond donors (Lipinski definition) is 1. The maximum atomic E-state index is 13.0. The summed E-state index contributed by atoms with van der Waals surface area (Å²) < 4.78 is 13.0. The molecule has 0 saturated heterocycles. The highest BCUT2D eigenvalue weighted by Crippen LogP contribution is 2.23. The second kappa shape index (κ2) is 5.61. The zero-order chi connectivity index (χ0) is 13.8. The normalized spacial score (nSPS) is 10.5. The molecule has 2 rings (SSSR count). The number of carbonyl (C=O) groups excluding carboxylic acids is 1. The van der Waals surface area contributed by atoms with Crippen molar-refractivity contribution in [2.24, 2.45) is 0 Å². The van der Waals surface area contributed by atoms with Crippen molar-refractivity contribution >= 4 is 11.6 Å². The summed E-state index contributed by atoms with van der Waals surface area (Å²) in [5.41, 5.74) is 1.83. The molecule has 0 bridgehead atoms. The quantitative estimate of drug-likeness (QED) is 0.855. The summed E-state index contributed by atoms with van der Waals surface area (Å²) in [6.45, 7) is 4.09. The van der Waals surface area contributed by atoms with E-state index in [-0.39, 0.29) is 11.6 Å². The predicted molar refractivity (Wildman–Crippen MR) is 72.7 cm³/mol. The summed E-state index contributed by atoms with van der Waals surface area (Å²) in [4.78, 5) is 15.6. The molecule has 1 N–H and O–H groups in total. The first-order valence-electron chi connectivity index (χ1n) is 6.11. The van der Waals surface area contributed by atoms with Crippen molar-refractivity contribution in [3.05, 3.63) is 59.7 Å². The number of anilines is 1. The number of rotatable bonds is 3. The minimum absolute atomic E-state index is 0.0681. The van der Waals surface area contributed by atoms with Gasteiger partial charge >= 0.3 is 0 Å². The largest absolute Gasteiger partial charge is 0.320 e. The van der Waals surface area contributed by atoms with Gasteiger partial charge in [0, 0.05) is 5.69 Å². The van der Waals surface area contributed by atoms with Crippen LogP contribution in [-0.4, -0.2) is 10.9 Å². The third-order valence-corrected chi connectivity index (χ3v) is 2.78. The molecule has 1 amide bonds. The number of hydrogen-bond acceptors (Lipinski definition) is 2. The molecule has 2 aromatic rings. The van der Waals surface area contributed by atoms with Gasteiger partial charge in [-0.3, -0.25) is 4.79 Å². The summed E-state index contributed by atoms with van der Waals surface area (Å²) >= 11 is 0.